The maximum atomic E-state index is 12.8. The first-order valence-corrected chi connectivity index (χ1v) is 11.0. The van der Waals surface area contributed by atoms with Crippen molar-refractivity contribution in [3.8, 4) is 17.2 Å². The van der Waals surface area contributed by atoms with E-state index >= 15 is 0 Å². The Morgan fingerprint density at radius 2 is 1.59 bits per heavy atom. The Morgan fingerprint density at radius 3 is 2.18 bits per heavy atom. The highest BCUT2D eigenvalue weighted by molar-refractivity contribution is 5.98. The molecule has 0 aliphatic rings. The second-order valence-electron chi connectivity index (χ2n) is 8.13. The van der Waals surface area contributed by atoms with Gasteiger partial charge in [-0.3, -0.25) is 9.59 Å². The SMILES string of the molecule is COc1ccccc1[C@H](C(C)C)[C@H](C)OC(=O)[C@H](C)NC(=O)c1nccc(OC)c1OC(C)=O. The number of nitrogens with zero attached hydrogens (tertiary/aromatic N) is 1. The lowest BCUT2D eigenvalue weighted by Crippen LogP contribution is -2.42. The molecule has 9 heteroatoms. The van der Waals surface area contributed by atoms with E-state index in [2.05, 4.69) is 10.3 Å². The number of hydrogen-bond acceptors (Lipinski definition) is 8. The van der Waals surface area contributed by atoms with E-state index in [9.17, 15) is 14.4 Å². The summed E-state index contributed by atoms with van der Waals surface area (Å²) in [5.41, 5.74) is 0.750. The number of benzene rings is 1. The lowest BCUT2D eigenvalue weighted by atomic mass is 9.84. The van der Waals surface area contributed by atoms with Crippen LogP contribution in [-0.2, 0) is 14.3 Å². The third-order valence-corrected chi connectivity index (χ3v) is 5.27. The Morgan fingerprint density at radius 1 is 0.941 bits per heavy atom. The highest BCUT2D eigenvalue weighted by atomic mass is 16.6. The molecule has 0 saturated carbocycles. The minimum Gasteiger partial charge on any atom is -0.496 e. The molecule has 0 fully saturated rings. The fourth-order valence-electron chi connectivity index (χ4n) is 3.77. The van der Waals surface area contributed by atoms with E-state index in [0.29, 0.717) is 5.75 Å². The summed E-state index contributed by atoms with van der Waals surface area (Å²) in [5, 5.41) is 2.55. The first-order chi connectivity index (χ1) is 16.1. The summed E-state index contributed by atoms with van der Waals surface area (Å²) in [7, 11) is 2.97. The molecule has 1 amide bonds. The quantitative estimate of drug-likeness (QED) is 0.523. The van der Waals surface area contributed by atoms with Gasteiger partial charge in [0.15, 0.2) is 11.4 Å². The minimum absolute atomic E-state index is 0.125. The molecule has 1 heterocycles. The molecule has 2 rings (SSSR count). The maximum Gasteiger partial charge on any atom is 0.328 e. The number of amides is 1. The highest BCUT2D eigenvalue weighted by Crippen LogP contribution is 2.35. The van der Waals surface area contributed by atoms with Crippen LogP contribution in [0.3, 0.4) is 0 Å². The fraction of sp³-hybridized carbons (Fsp3) is 0.440. The van der Waals surface area contributed by atoms with Crippen LogP contribution in [0.1, 0.15) is 56.6 Å². The molecular weight excluding hydrogens is 440 g/mol. The van der Waals surface area contributed by atoms with Crippen LogP contribution in [0.2, 0.25) is 0 Å². The van der Waals surface area contributed by atoms with Crippen LogP contribution in [0, 0.1) is 5.92 Å². The van der Waals surface area contributed by atoms with Crippen molar-refractivity contribution in [3.05, 3.63) is 47.8 Å². The Hall–Kier alpha value is -3.62. The first-order valence-electron chi connectivity index (χ1n) is 11.0. The van der Waals surface area contributed by atoms with Crippen LogP contribution in [0.15, 0.2) is 36.5 Å². The van der Waals surface area contributed by atoms with Crippen molar-refractivity contribution in [2.75, 3.05) is 14.2 Å². The molecule has 0 bridgehead atoms. The van der Waals surface area contributed by atoms with E-state index < -0.39 is 30.0 Å². The third-order valence-electron chi connectivity index (χ3n) is 5.27. The molecule has 34 heavy (non-hydrogen) atoms. The average Bonchev–Trinajstić information content (AvgIpc) is 2.78. The Labute approximate surface area is 199 Å². The summed E-state index contributed by atoms with van der Waals surface area (Å²) in [4.78, 5) is 41.1. The number of carbonyl (C=O) groups excluding carboxylic acids is 3. The van der Waals surface area contributed by atoms with Gasteiger partial charge in [-0.1, -0.05) is 32.0 Å². The van der Waals surface area contributed by atoms with Gasteiger partial charge in [0.05, 0.1) is 14.2 Å². The summed E-state index contributed by atoms with van der Waals surface area (Å²) in [6.45, 7) is 8.59. The summed E-state index contributed by atoms with van der Waals surface area (Å²) in [6.07, 6.45) is 0.849. The molecule has 0 radical (unpaired) electrons. The zero-order valence-electron chi connectivity index (χ0n) is 20.6. The van der Waals surface area contributed by atoms with Gasteiger partial charge in [0.25, 0.3) is 5.91 Å². The first kappa shape index (κ1) is 26.6. The zero-order valence-corrected chi connectivity index (χ0v) is 20.6. The second-order valence-corrected chi connectivity index (χ2v) is 8.13. The smallest absolute Gasteiger partial charge is 0.328 e. The standard InChI is InChI=1S/C25H32N2O7/c1-14(2)21(18-10-8-9-11-19(18)31-6)16(4)33-25(30)15(3)27-24(29)22-23(34-17(5)28)20(32-7)12-13-26-22/h8-16,21H,1-7H3,(H,27,29)/t15-,16-,21+/m0/s1. The van der Waals surface area contributed by atoms with Crippen LogP contribution < -0.4 is 19.5 Å². The van der Waals surface area contributed by atoms with Crippen LogP contribution in [0.25, 0.3) is 0 Å². The van der Waals surface area contributed by atoms with E-state index in [-0.39, 0.29) is 29.0 Å². The number of nitrogens with one attached hydrogen (secondary N) is 1. The topological polar surface area (TPSA) is 113 Å². The van der Waals surface area contributed by atoms with Crippen molar-refractivity contribution < 1.29 is 33.3 Å². The molecular formula is C25H32N2O7. The van der Waals surface area contributed by atoms with E-state index in [1.54, 1.807) is 7.11 Å². The minimum atomic E-state index is -0.987. The monoisotopic (exact) mass is 472 g/mol. The number of carbonyl (C=O) groups is 3. The number of pyridine rings is 1. The molecule has 0 unspecified atom stereocenters. The second kappa shape index (κ2) is 12.0. The van der Waals surface area contributed by atoms with Gasteiger partial charge in [-0.25, -0.2) is 9.78 Å². The largest absolute Gasteiger partial charge is 0.496 e. The summed E-state index contributed by atoms with van der Waals surface area (Å²) in [5.74, 6) is -1.19. The zero-order chi connectivity index (χ0) is 25.4. The van der Waals surface area contributed by atoms with Gasteiger partial charge in [-0.05, 0) is 25.8 Å². The fourth-order valence-corrected chi connectivity index (χ4v) is 3.77. The molecule has 0 saturated heterocycles. The Kier molecular flexibility index (Phi) is 9.41. The van der Waals surface area contributed by atoms with Crippen LogP contribution in [-0.4, -0.2) is 49.2 Å². The number of esters is 2. The Balaban J connectivity index is 2.17. The lowest BCUT2D eigenvalue weighted by molar-refractivity contribution is -0.151. The van der Waals surface area contributed by atoms with Gasteiger partial charge in [0.2, 0.25) is 5.75 Å². The van der Waals surface area contributed by atoms with E-state index in [4.69, 9.17) is 18.9 Å². The van der Waals surface area contributed by atoms with Crippen molar-refractivity contribution in [2.24, 2.45) is 5.92 Å². The molecule has 184 valence electrons. The predicted molar refractivity (Wildman–Crippen MR) is 125 cm³/mol. The van der Waals surface area contributed by atoms with Crippen molar-refractivity contribution >= 4 is 17.8 Å². The van der Waals surface area contributed by atoms with E-state index in [0.717, 1.165) is 5.56 Å². The third kappa shape index (κ3) is 6.46. The molecule has 0 spiro atoms. The predicted octanol–water partition coefficient (Wildman–Crippen LogP) is 3.51. The van der Waals surface area contributed by atoms with Crippen LogP contribution in [0.4, 0.5) is 0 Å². The number of ether oxygens (including phenoxy) is 4. The van der Waals surface area contributed by atoms with Gasteiger partial charge in [-0.15, -0.1) is 0 Å². The number of aromatic nitrogens is 1. The molecule has 9 nitrogen and oxygen atoms in total. The van der Waals surface area contributed by atoms with Gasteiger partial charge in [0.1, 0.15) is 17.9 Å². The van der Waals surface area contributed by atoms with Crippen molar-refractivity contribution in [1.29, 1.82) is 0 Å². The maximum absolute atomic E-state index is 12.8. The molecule has 3 atom stereocenters. The molecule has 2 aromatic rings. The average molecular weight is 473 g/mol. The lowest BCUT2D eigenvalue weighted by Gasteiger charge is -2.29. The number of methoxy groups -OCH3 is 2. The van der Waals surface area contributed by atoms with Crippen LogP contribution >= 0.6 is 0 Å². The normalized spacial score (nSPS) is 13.4. The summed E-state index contributed by atoms with van der Waals surface area (Å²) in [6, 6.07) is 8.07. The Bertz CT molecular complexity index is 1020. The van der Waals surface area contributed by atoms with Gasteiger partial charge in [0, 0.05) is 30.7 Å². The van der Waals surface area contributed by atoms with Crippen LogP contribution in [0.5, 0.6) is 17.2 Å². The molecule has 1 aromatic carbocycles. The summed E-state index contributed by atoms with van der Waals surface area (Å²) >= 11 is 0. The molecule has 1 N–H and O–H groups in total. The number of para-hydroxylation sites is 1. The molecule has 0 aliphatic carbocycles. The molecule has 0 aliphatic heterocycles. The van der Waals surface area contributed by atoms with Gasteiger partial charge < -0.3 is 24.3 Å². The summed E-state index contributed by atoms with van der Waals surface area (Å²) < 4.78 is 21.5. The number of hydrogen-bond donors (Lipinski definition) is 1. The van der Waals surface area contributed by atoms with Crippen molar-refractivity contribution in [1.82, 2.24) is 10.3 Å². The molecule has 1 aromatic heterocycles. The van der Waals surface area contributed by atoms with E-state index in [1.165, 1.54) is 33.2 Å². The van der Waals surface area contributed by atoms with Crippen molar-refractivity contribution in [3.63, 3.8) is 0 Å². The van der Waals surface area contributed by atoms with Gasteiger partial charge >= 0.3 is 11.9 Å². The highest BCUT2D eigenvalue weighted by Gasteiger charge is 2.31. The van der Waals surface area contributed by atoms with E-state index in [1.807, 2.05) is 45.0 Å². The van der Waals surface area contributed by atoms with Crippen molar-refractivity contribution in [2.45, 2.75) is 52.7 Å². The number of rotatable bonds is 10. The van der Waals surface area contributed by atoms with Gasteiger partial charge in [-0.2, -0.15) is 0 Å².